The lowest BCUT2D eigenvalue weighted by atomic mass is 10.6. The van der Waals surface area contributed by atoms with Crippen LogP contribution < -0.4 is 17.2 Å². The maximum absolute atomic E-state index is 9.96. The molecule has 0 saturated carbocycles. The molecule has 1 amide bonds. The summed E-state index contributed by atoms with van der Waals surface area (Å²) in [7, 11) is 0. The van der Waals surface area contributed by atoms with Crippen LogP contribution in [0, 0.1) is 0 Å². The number of nitrogens with one attached hydrogen (secondary N) is 1. The first-order valence-electron chi connectivity index (χ1n) is 1.86. The molecule has 0 aliphatic carbocycles. The largest absolute Gasteiger partial charge is 0.412 e. The highest BCUT2D eigenvalue weighted by molar-refractivity contribution is 8.00. The molecule has 0 unspecified atom stereocenters. The molecule has 0 fully saturated rings. The van der Waals surface area contributed by atoms with Crippen molar-refractivity contribution in [1.82, 2.24) is 11.5 Å². The second kappa shape index (κ2) is 5.67. The van der Waals surface area contributed by atoms with E-state index in [2.05, 4.69) is 30.2 Å². The average molecular weight is 167 g/mol. The lowest BCUT2D eigenvalue weighted by molar-refractivity contribution is -0.116. The molecule has 54 valence electrons. The molecule has 6 heteroatoms. The standard InChI is InChI=1S/C3H6N2OS2.H3N/c4-2(6)1-5-3(7)8;/h1H2,(H2,4,6)(H2,5,7,8);1H3. The molecule has 7 N–H and O–H groups in total. The van der Waals surface area contributed by atoms with Gasteiger partial charge in [0.05, 0.1) is 6.54 Å². The molecule has 0 aliphatic heterocycles. The number of quaternary nitrogens is 1. The van der Waals surface area contributed by atoms with Crippen LogP contribution in [0.1, 0.15) is 0 Å². The van der Waals surface area contributed by atoms with Gasteiger partial charge in [-0.15, -0.1) is 0 Å². The van der Waals surface area contributed by atoms with Gasteiger partial charge in [-0.1, -0.05) is 4.32 Å². The highest BCUT2D eigenvalue weighted by Crippen LogP contribution is 1.62. The van der Waals surface area contributed by atoms with Crippen molar-refractivity contribution in [1.29, 1.82) is 0 Å². The van der Waals surface area contributed by atoms with Gasteiger partial charge in [0, 0.05) is 0 Å². The van der Waals surface area contributed by atoms with Crippen molar-refractivity contribution < 1.29 is 4.79 Å². The third-order valence-electron chi connectivity index (χ3n) is 0.407. The van der Waals surface area contributed by atoms with E-state index in [0.717, 1.165) is 0 Å². The molecule has 0 rings (SSSR count). The number of primary amides is 1. The average Bonchev–Trinajstić information content (AvgIpc) is 1.61. The van der Waals surface area contributed by atoms with Gasteiger partial charge < -0.3 is 42.0 Å². The van der Waals surface area contributed by atoms with Gasteiger partial charge in [0.25, 0.3) is 0 Å². The maximum atomic E-state index is 9.96. The number of nitrogens with two attached hydrogens (primary N) is 1. The summed E-state index contributed by atoms with van der Waals surface area (Å²) < 4.78 is 0.170. The van der Waals surface area contributed by atoms with E-state index in [1.807, 2.05) is 0 Å². The Bertz CT molecular complexity index is 102. The molecule has 0 aliphatic rings. The molecule has 0 aromatic heterocycles. The summed E-state index contributed by atoms with van der Waals surface area (Å²) in [6.45, 7) is 0.0301. The lowest BCUT2D eigenvalue weighted by Gasteiger charge is -2.04. The van der Waals surface area contributed by atoms with Crippen molar-refractivity contribution in [3.8, 4) is 0 Å². The first kappa shape index (κ1) is 11.4. The molecule has 0 spiro atoms. The molecule has 0 aromatic rings. The van der Waals surface area contributed by atoms with Crippen molar-refractivity contribution in [2.75, 3.05) is 6.54 Å². The van der Waals surface area contributed by atoms with Gasteiger partial charge in [-0.2, -0.15) is 0 Å². The van der Waals surface area contributed by atoms with Crippen molar-refractivity contribution in [2.45, 2.75) is 0 Å². The lowest BCUT2D eigenvalue weighted by Crippen LogP contribution is -2.30. The van der Waals surface area contributed by atoms with Crippen molar-refractivity contribution in [2.24, 2.45) is 5.73 Å². The van der Waals surface area contributed by atoms with Gasteiger partial charge in [-0.3, -0.25) is 4.79 Å². The smallest absolute Gasteiger partial charge is 0.236 e. The molecule has 9 heavy (non-hydrogen) atoms. The highest BCUT2D eigenvalue weighted by atomic mass is 32.1. The Morgan fingerprint density at radius 1 is 1.78 bits per heavy atom. The van der Waals surface area contributed by atoms with Gasteiger partial charge in [-0.05, 0) is 0 Å². The number of carbonyl (C=O) groups excluding carboxylic acids is 1. The Balaban J connectivity index is 0. The van der Waals surface area contributed by atoms with E-state index < -0.39 is 5.91 Å². The fourth-order valence-electron chi connectivity index (χ4n) is 0.159. The van der Waals surface area contributed by atoms with Crippen LogP contribution >= 0.6 is 12.2 Å². The third kappa shape index (κ3) is 11.2. The van der Waals surface area contributed by atoms with E-state index >= 15 is 0 Å². The van der Waals surface area contributed by atoms with Gasteiger partial charge in [0.15, 0.2) is 0 Å². The van der Waals surface area contributed by atoms with Crippen LogP contribution in [0.25, 0.3) is 0 Å². The number of hydrogen-bond acceptors (Lipinski definition) is 3. The second-order valence-electron chi connectivity index (χ2n) is 1.11. The Morgan fingerprint density at radius 2 is 2.22 bits per heavy atom. The summed E-state index contributed by atoms with van der Waals surface area (Å²) in [5, 5.41) is 2.42. The van der Waals surface area contributed by atoms with Crippen LogP contribution in [0.5, 0.6) is 0 Å². The Hall–Kier alpha value is -0.460. The molecular formula is C3H9N3OS2. The van der Waals surface area contributed by atoms with E-state index in [0.29, 0.717) is 0 Å². The summed E-state index contributed by atoms with van der Waals surface area (Å²) in [6, 6.07) is 0. The Kier molecular flexibility index (Phi) is 7.15. The highest BCUT2D eigenvalue weighted by Gasteiger charge is 1.86. The zero-order chi connectivity index (χ0) is 6.57. The summed E-state index contributed by atoms with van der Waals surface area (Å²) in [5.41, 5.74) is 4.73. The number of amides is 1. The number of hydrogen-bond donors (Lipinski definition) is 3. The molecule has 0 bridgehead atoms. The quantitative estimate of drug-likeness (QED) is 0.373. The topological polar surface area (TPSA) is 91.6 Å². The van der Waals surface area contributed by atoms with Crippen LogP contribution in [0.15, 0.2) is 0 Å². The summed E-state index contributed by atoms with van der Waals surface area (Å²) in [6.07, 6.45) is 0. The Labute approximate surface area is 64.2 Å². The van der Waals surface area contributed by atoms with E-state index in [9.17, 15) is 4.79 Å². The Morgan fingerprint density at radius 3 is 2.33 bits per heavy atom. The molecular weight excluding hydrogens is 158 g/mol. The molecule has 0 aromatic carbocycles. The predicted molar refractivity (Wildman–Crippen MR) is 43.1 cm³/mol. The van der Waals surface area contributed by atoms with Crippen LogP contribution in [-0.4, -0.2) is 16.8 Å². The zero-order valence-corrected chi connectivity index (χ0v) is 6.64. The monoisotopic (exact) mass is 167 g/mol. The van der Waals surface area contributed by atoms with Gasteiger partial charge >= 0.3 is 0 Å². The van der Waals surface area contributed by atoms with E-state index in [1.54, 1.807) is 0 Å². The third-order valence-corrected chi connectivity index (χ3v) is 0.696. The summed E-state index contributed by atoms with van der Waals surface area (Å²) >= 11 is 8.82. The minimum atomic E-state index is -0.461. The molecule has 0 radical (unpaired) electrons. The van der Waals surface area contributed by atoms with Crippen LogP contribution in [0.3, 0.4) is 0 Å². The van der Waals surface area contributed by atoms with Gasteiger partial charge in [-0.25, -0.2) is 0 Å². The van der Waals surface area contributed by atoms with Crippen LogP contribution in [0.4, 0.5) is 0 Å². The van der Waals surface area contributed by atoms with Gasteiger partial charge in [0.2, 0.25) is 5.91 Å². The number of thiocarbonyl (C=S) groups is 1. The SMILES string of the molecule is NC(=O)CNC(=S)[S-].[NH4+]. The van der Waals surface area contributed by atoms with E-state index in [1.165, 1.54) is 0 Å². The summed E-state index contributed by atoms with van der Waals surface area (Å²) in [4.78, 5) is 9.96. The number of carbonyl (C=O) groups is 1. The normalized spacial score (nSPS) is 7.11. The van der Waals surface area contributed by atoms with Crippen molar-refractivity contribution in [3.05, 3.63) is 0 Å². The van der Waals surface area contributed by atoms with Crippen molar-refractivity contribution in [3.63, 3.8) is 0 Å². The van der Waals surface area contributed by atoms with Crippen molar-refractivity contribution >= 4 is 35.1 Å². The predicted octanol–water partition coefficient (Wildman–Crippen LogP) is -0.731. The number of rotatable bonds is 2. The van der Waals surface area contributed by atoms with E-state index in [-0.39, 0.29) is 17.0 Å². The minimum Gasteiger partial charge on any atom is -0.412 e. The second-order valence-corrected chi connectivity index (χ2v) is 2.18. The van der Waals surface area contributed by atoms with Crippen LogP contribution in [0.2, 0.25) is 0 Å². The molecule has 0 saturated heterocycles. The zero-order valence-electron chi connectivity index (χ0n) is 5.01. The van der Waals surface area contributed by atoms with Crippen LogP contribution in [-0.2, 0) is 17.4 Å². The maximum Gasteiger partial charge on any atom is 0.236 e. The van der Waals surface area contributed by atoms with E-state index in [4.69, 9.17) is 5.73 Å². The fraction of sp³-hybridized carbons (Fsp3) is 0.333. The fourth-order valence-corrected chi connectivity index (χ4v) is 0.304. The van der Waals surface area contributed by atoms with Gasteiger partial charge in [0.1, 0.15) is 0 Å². The minimum absolute atomic E-state index is 0. The molecule has 4 nitrogen and oxygen atoms in total. The molecule has 0 heterocycles. The summed E-state index contributed by atoms with van der Waals surface area (Å²) in [5.74, 6) is -0.461. The molecule has 0 atom stereocenters. The first-order chi connectivity index (χ1) is 3.63. The first-order valence-corrected chi connectivity index (χ1v) is 2.67.